The molecule has 0 bridgehead atoms. The van der Waals surface area contributed by atoms with Crippen LogP contribution < -0.4 is 4.74 Å². The number of phenols is 1. The van der Waals surface area contributed by atoms with Crippen LogP contribution in [0.1, 0.15) is 67.2 Å². The zero-order chi connectivity index (χ0) is 20.9. The molecular formula is C27H32O3. The van der Waals surface area contributed by atoms with Crippen LogP contribution in [0.2, 0.25) is 0 Å². The molecule has 0 saturated heterocycles. The summed E-state index contributed by atoms with van der Waals surface area (Å²) in [5, 5.41) is 21.0. The fraction of sp³-hybridized carbons (Fsp3) is 0.481. The fourth-order valence-electron chi connectivity index (χ4n) is 6.76. The van der Waals surface area contributed by atoms with Crippen LogP contribution in [-0.2, 0) is 6.42 Å². The van der Waals surface area contributed by atoms with Gasteiger partial charge in [0.25, 0.3) is 0 Å². The number of phenolic OH excluding ortho intramolecular Hbond substituents is 1. The molecule has 3 nitrogen and oxygen atoms in total. The van der Waals surface area contributed by atoms with Gasteiger partial charge in [0, 0.05) is 0 Å². The highest BCUT2D eigenvalue weighted by Crippen LogP contribution is 2.61. The molecule has 30 heavy (non-hydrogen) atoms. The number of ether oxygens (including phenoxy) is 1. The smallest absolute Gasteiger partial charge is 0.118 e. The highest BCUT2D eigenvalue weighted by Gasteiger charge is 2.54. The number of rotatable bonds is 3. The molecule has 3 aliphatic carbocycles. The first kappa shape index (κ1) is 19.7. The van der Waals surface area contributed by atoms with E-state index < -0.39 is 0 Å². The average molecular weight is 405 g/mol. The molecule has 2 saturated carbocycles. The number of hydrogen-bond acceptors (Lipinski definition) is 3. The Morgan fingerprint density at radius 2 is 1.83 bits per heavy atom. The maximum atomic E-state index is 10.7. The van der Waals surface area contributed by atoms with Crippen LogP contribution in [0, 0.1) is 17.3 Å². The van der Waals surface area contributed by atoms with Crippen molar-refractivity contribution in [3.05, 3.63) is 58.7 Å². The largest absolute Gasteiger partial charge is 0.508 e. The van der Waals surface area contributed by atoms with Crippen LogP contribution in [0.25, 0.3) is 12.2 Å². The zero-order valence-electron chi connectivity index (χ0n) is 18.0. The van der Waals surface area contributed by atoms with E-state index in [-0.39, 0.29) is 11.5 Å². The molecule has 0 amide bonds. The van der Waals surface area contributed by atoms with Crippen molar-refractivity contribution in [2.45, 2.75) is 57.5 Å². The molecule has 5 rings (SSSR count). The second kappa shape index (κ2) is 7.46. The van der Waals surface area contributed by atoms with Crippen molar-refractivity contribution in [1.82, 2.24) is 0 Å². The first-order valence-corrected chi connectivity index (χ1v) is 11.4. The Hall–Kier alpha value is -2.26. The zero-order valence-corrected chi connectivity index (χ0v) is 18.0. The summed E-state index contributed by atoms with van der Waals surface area (Å²) < 4.78 is 5.26. The van der Waals surface area contributed by atoms with E-state index >= 15 is 0 Å². The minimum Gasteiger partial charge on any atom is -0.508 e. The number of aliphatic hydroxyl groups is 1. The molecular weight excluding hydrogens is 372 g/mol. The Balaban J connectivity index is 1.50. The number of aromatic hydroxyl groups is 1. The standard InChI is InChI=1S/C27H32O3/c1-27-14-13-23-22(24(27)11-12-25(27)29)10-7-19-16-20(28)15-18(26(19)23)6-3-17-4-8-21(30-2)9-5-17/h3-6,8-9,15-16,22-25,28-29H,7,10-14H2,1-2H3/b6-3+/t22-,23+,24+,25+,27+/m1/s1. The van der Waals surface area contributed by atoms with Gasteiger partial charge in [-0.05, 0) is 108 Å². The molecule has 158 valence electrons. The highest BCUT2D eigenvalue weighted by molar-refractivity contribution is 5.73. The molecule has 0 radical (unpaired) electrons. The Morgan fingerprint density at radius 1 is 1.03 bits per heavy atom. The molecule has 5 atom stereocenters. The number of aryl methyl sites for hydroxylation is 1. The van der Waals surface area contributed by atoms with Crippen LogP contribution in [0.4, 0.5) is 0 Å². The van der Waals surface area contributed by atoms with E-state index in [0.29, 0.717) is 23.5 Å². The second-order valence-corrected chi connectivity index (χ2v) is 9.77. The monoisotopic (exact) mass is 404 g/mol. The Labute approximate surface area is 179 Å². The number of hydrogen-bond donors (Lipinski definition) is 2. The van der Waals surface area contributed by atoms with Gasteiger partial charge in [-0.3, -0.25) is 0 Å². The van der Waals surface area contributed by atoms with Crippen LogP contribution in [0.3, 0.4) is 0 Å². The predicted octanol–water partition coefficient (Wildman–Crippen LogP) is 5.79. The van der Waals surface area contributed by atoms with Gasteiger partial charge in [-0.25, -0.2) is 0 Å². The van der Waals surface area contributed by atoms with Crippen molar-refractivity contribution >= 4 is 12.2 Å². The molecule has 0 aromatic heterocycles. The van der Waals surface area contributed by atoms with Crippen molar-refractivity contribution < 1.29 is 14.9 Å². The SMILES string of the molecule is COc1ccc(/C=C/c2cc(O)cc3c2[C@H]2CC[C@]4(C)[C@@H](O)CC[C@H]4[C@@H]2CC3)cc1. The Kier molecular flexibility index (Phi) is 4.89. The third-order valence-electron chi connectivity index (χ3n) is 8.36. The normalized spacial score (nSPS) is 32.5. The number of aliphatic hydroxyl groups excluding tert-OH is 1. The van der Waals surface area contributed by atoms with Crippen LogP contribution in [0.5, 0.6) is 11.5 Å². The Morgan fingerprint density at radius 3 is 2.60 bits per heavy atom. The van der Waals surface area contributed by atoms with Gasteiger partial charge in [-0.15, -0.1) is 0 Å². The molecule has 0 aliphatic heterocycles. The van der Waals surface area contributed by atoms with Gasteiger partial charge in [0.2, 0.25) is 0 Å². The summed E-state index contributed by atoms with van der Waals surface area (Å²) >= 11 is 0. The summed E-state index contributed by atoms with van der Waals surface area (Å²) in [7, 11) is 1.68. The van der Waals surface area contributed by atoms with Gasteiger partial charge < -0.3 is 14.9 Å². The molecule has 2 fully saturated rings. The van der Waals surface area contributed by atoms with E-state index in [1.165, 1.54) is 17.5 Å². The van der Waals surface area contributed by atoms with E-state index in [1.807, 2.05) is 24.3 Å². The molecule has 0 heterocycles. The third kappa shape index (κ3) is 3.15. The molecule has 0 unspecified atom stereocenters. The summed E-state index contributed by atoms with van der Waals surface area (Å²) in [6, 6.07) is 12.0. The minimum absolute atomic E-state index is 0.0920. The van der Waals surface area contributed by atoms with Gasteiger partial charge in [-0.1, -0.05) is 31.2 Å². The number of benzene rings is 2. The highest BCUT2D eigenvalue weighted by atomic mass is 16.5. The van der Waals surface area contributed by atoms with Gasteiger partial charge in [0.15, 0.2) is 0 Å². The van der Waals surface area contributed by atoms with Crippen molar-refractivity contribution in [2.75, 3.05) is 7.11 Å². The van der Waals surface area contributed by atoms with Crippen molar-refractivity contribution in [3.63, 3.8) is 0 Å². The molecule has 2 aromatic rings. The lowest BCUT2D eigenvalue weighted by molar-refractivity contribution is -0.0226. The molecule has 0 spiro atoms. The van der Waals surface area contributed by atoms with E-state index in [9.17, 15) is 10.2 Å². The number of methoxy groups -OCH3 is 1. The van der Waals surface area contributed by atoms with E-state index in [1.54, 1.807) is 7.11 Å². The van der Waals surface area contributed by atoms with Crippen LogP contribution in [-0.4, -0.2) is 23.4 Å². The lowest BCUT2D eigenvalue weighted by Crippen LogP contribution is -2.44. The van der Waals surface area contributed by atoms with Crippen LogP contribution >= 0.6 is 0 Å². The number of fused-ring (bicyclic) bond motifs is 5. The van der Waals surface area contributed by atoms with Crippen LogP contribution in [0.15, 0.2) is 36.4 Å². The maximum Gasteiger partial charge on any atom is 0.118 e. The summed E-state index contributed by atoms with van der Waals surface area (Å²) in [4.78, 5) is 0. The van der Waals surface area contributed by atoms with E-state index in [2.05, 4.69) is 31.2 Å². The first-order chi connectivity index (χ1) is 14.5. The molecule has 2 aromatic carbocycles. The second-order valence-electron chi connectivity index (χ2n) is 9.77. The van der Waals surface area contributed by atoms with E-state index in [4.69, 9.17) is 4.74 Å². The fourth-order valence-corrected chi connectivity index (χ4v) is 6.76. The Bertz CT molecular complexity index is 961. The molecule has 3 heteroatoms. The predicted molar refractivity (Wildman–Crippen MR) is 121 cm³/mol. The summed E-state index contributed by atoms with van der Waals surface area (Å²) in [6.07, 6.45) is 10.7. The lowest BCUT2D eigenvalue weighted by Gasteiger charge is -2.50. The maximum absolute atomic E-state index is 10.7. The van der Waals surface area contributed by atoms with Gasteiger partial charge >= 0.3 is 0 Å². The molecule has 3 aliphatic rings. The first-order valence-electron chi connectivity index (χ1n) is 11.4. The topological polar surface area (TPSA) is 49.7 Å². The average Bonchev–Trinajstić information content (AvgIpc) is 3.06. The summed E-state index contributed by atoms with van der Waals surface area (Å²) in [5.74, 6) is 3.01. The van der Waals surface area contributed by atoms with Crippen molar-refractivity contribution in [3.8, 4) is 11.5 Å². The summed E-state index contributed by atoms with van der Waals surface area (Å²) in [6.45, 7) is 2.32. The van der Waals surface area contributed by atoms with E-state index in [0.717, 1.165) is 49.0 Å². The van der Waals surface area contributed by atoms with Gasteiger partial charge in [0.1, 0.15) is 11.5 Å². The quantitative estimate of drug-likeness (QED) is 0.637. The van der Waals surface area contributed by atoms with Crippen molar-refractivity contribution in [1.29, 1.82) is 0 Å². The van der Waals surface area contributed by atoms with Gasteiger partial charge in [0.05, 0.1) is 13.2 Å². The lowest BCUT2D eigenvalue weighted by atomic mass is 9.55. The van der Waals surface area contributed by atoms with Crippen molar-refractivity contribution in [2.24, 2.45) is 17.3 Å². The molecule has 2 N–H and O–H groups in total. The summed E-state index contributed by atoms with van der Waals surface area (Å²) in [5.41, 5.74) is 5.12. The minimum atomic E-state index is -0.140. The van der Waals surface area contributed by atoms with Gasteiger partial charge in [-0.2, -0.15) is 0 Å². The third-order valence-corrected chi connectivity index (χ3v) is 8.36.